The summed E-state index contributed by atoms with van der Waals surface area (Å²) in [6.45, 7) is 5.06. The number of nitrogens with two attached hydrogens (primary N) is 1. The summed E-state index contributed by atoms with van der Waals surface area (Å²) in [7, 11) is 0. The number of nitrogens with one attached hydrogen (secondary N) is 1. The van der Waals surface area contributed by atoms with E-state index in [0.717, 1.165) is 16.9 Å². The molecule has 0 aliphatic heterocycles. The zero-order chi connectivity index (χ0) is 22.4. The Kier molecular flexibility index (Phi) is 7.36. The minimum Gasteiger partial charge on any atom is -0.493 e. The predicted octanol–water partition coefficient (Wildman–Crippen LogP) is 4.59. The number of amides is 2. The quantitative estimate of drug-likeness (QED) is 0.508. The average Bonchev–Trinajstić information content (AvgIpc) is 3.20. The SMILES string of the molecule is CC(C)COc1ccc(Cl)cc1Cc1ccc(C(=O)NCc2ccc(C(N)=O)cc2)o1. The van der Waals surface area contributed by atoms with Crippen molar-refractivity contribution in [2.75, 3.05) is 6.61 Å². The third-order valence-corrected chi connectivity index (χ3v) is 4.77. The van der Waals surface area contributed by atoms with Crippen molar-refractivity contribution in [2.24, 2.45) is 11.7 Å². The first kappa shape index (κ1) is 22.4. The molecule has 0 fully saturated rings. The maximum Gasteiger partial charge on any atom is 0.287 e. The summed E-state index contributed by atoms with van der Waals surface area (Å²) in [4.78, 5) is 23.6. The van der Waals surface area contributed by atoms with Crippen LogP contribution in [0, 0.1) is 5.92 Å². The topological polar surface area (TPSA) is 94.6 Å². The molecule has 0 aliphatic rings. The molecule has 31 heavy (non-hydrogen) atoms. The molecule has 0 atom stereocenters. The lowest BCUT2D eigenvalue weighted by atomic mass is 10.1. The molecular weight excluding hydrogens is 416 g/mol. The molecule has 1 heterocycles. The maximum atomic E-state index is 12.4. The number of ether oxygens (including phenoxy) is 1. The van der Waals surface area contributed by atoms with Gasteiger partial charge in [0.1, 0.15) is 11.5 Å². The molecule has 0 bridgehead atoms. The third-order valence-electron chi connectivity index (χ3n) is 4.54. The van der Waals surface area contributed by atoms with Gasteiger partial charge >= 0.3 is 0 Å². The third kappa shape index (κ3) is 6.36. The van der Waals surface area contributed by atoms with Crippen LogP contribution in [0.3, 0.4) is 0 Å². The van der Waals surface area contributed by atoms with Crippen LogP contribution < -0.4 is 15.8 Å². The van der Waals surface area contributed by atoms with Crippen molar-refractivity contribution >= 4 is 23.4 Å². The summed E-state index contributed by atoms with van der Waals surface area (Å²) in [5, 5.41) is 3.41. The van der Waals surface area contributed by atoms with Crippen LogP contribution in [0.5, 0.6) is 5.75 Å². The van der Waals surface area contributed by atoms with Gasteiger partial charge in [-0.25, -0.2) is 0 Å². The lowest BCUT2D eigenvalue weighted by molar-refractivity contribution is 0.0920. The van der Waals surface area contributed by atoms with Gasteiger partial charge in [-0.15, -0.1) is 0 Å². The average molecular weight is 441 g/mol. The number of primary amides is 1. The van der Waals surface area contributed by atoms with Crippen molar-refractivity contribution in [1.29, 1.82) is 0 Å². The van der Waals surface area contributed by atoms with E-state index in [2.05, 4.69) is 19.2 Å². The second kappa shape index (κ2) is 10.2. The van der Waals surface area contributed by atoms with E-state index >= 15 is 0 Å². The summed E-state index contributed by atoms with van der Waals surface area (Å²) >= 11 is 6.15. The van der Waals surface area contributed by atoms with Crippen LogP contribution in [0.1, 0.15) is 51.6 Å². The first-order chi connectivity index (χ1) is 14.8. The Hall–Kier alpha value is -3.25. The van der Waals surface area contributed by atoms with Gasteiger partial charge < -0.3 is 20.2 Å². The molecule has 7 heteroatoms. The smallest absolute Gasteiger partial charge is 0.287 e. The minimum absolute atomic E-state index is 0.218. The number of halogens is 1. The number of benzene rings is 2. The zero-order valence-electron chi connectivity index (χ0n) is 17.5. The highest BCUT2D eigenvalue weighted by atomic mass is 35.5. The molecule has 0 aliphatic carbocycles. The molecule has 2 aromatic carbocycles. The summed E-state index contributed by atoms with van der Waals surface area (Å²) in [5.74, 6) is 1.18. The highest BCUT2D eigenvalue weighted by molar-refractivity contribution is 6.30. The van der Waals surface area contributed by atoms with E-state index in [0.29, 0.717) is 41.8 Å². The van der Waals surface area contributed by atoms with Gasteiger partial charge in [-0.2, -0.15) is 0 Å². The van der Waals surface area contributed by atoms with Gasteiger partial charge in [0.2, 0.25) is 5.91 Å². The van der Waals surface area contributed by atoms with Gasteiger partial charge in [0, 0.05) is 29.1 Å². The molecule has 3 N–H and O–H groups in total. The van der Waals surface area contributed by atoms with Crippen LogP contribution >= 0.6 is 11.6 Å². The first-order valence-electron chi connectivity index (χ1n) is 9.98. The molecular formula is C24H25ClN2O4. The van der Waals surface area contributed by atoms with E-state index < -0.39 is 5.91 Å². The van der Waals surface area contributed by atoms with Crippen LogP contribution in [0.2, 0.25) is 5.02 Å². The van der Waals surface area contributed by atoms with Gasteiger partial charge in [-0.1, -0.05) is 37.6 Å². The molecule has 0 saturated carbocycles. The van der Waals surface area contributed by atoms with Crippen molar-refractivity contribution in [3.63, 3.8) is 0 Å². The summed E-state index contributed by atoms with van der Waals surface area (Å²) < 4.78 is 11.6. The van der Waals surface area contributed by atoms with Crippen molar-refractivity contribution < 1.29 is 18.7 Å². The fraction of sp³-hybridized carbons (Fsp3) is 0.250. The van der Waals surface area contributed by atoms with Crippen LogP contribution in [0.15, 0.2) is 59.0 Å². The van der Waals surface area contributed by atoms with Crippen LogP contribution in [-0.4, -0.2) is 18.4 Å². The van der Waals surface area contributed by atoms with Crippen molar-refractivity contribution in [3.05, 3.63) is 87.8 Å². The van der Waals surface area contributed by atoms with E-state index in [1.54, 1.807) is 42.5 Å². The van der Waals surface area contributed by atoms with E-state index in [4.69, 9.17) is 26.5 Å². The Labute approximate surface area is 186 Å². The highest BCUT2D eigenvalue weighted by Gasteiger charge is 2.14. The number of hydrogen-bond acceptors (Lipinski definition) is 4. The Morgan fingerprint density at radius 2 is 1.84 bits per heavy atom. The molecule has 2 amide bonds. The Morgan fingerprint density at radius 1 is 1.10 bits per heavy atom. The molecule has 0 unspecified atom stereocenters. The fourth-order valence-corrected chi connectivity index (χ4v) is 3.12. The predicted molar refractivity (Wildman–Crippen MR) is 119 cm³/mol. The normalized spacial score (nSPS) is 10.8. The number of rotatable bonds is 9. The first-order valence-corrected chi connectivity index (χ1v) is 10.4. The van der Waals surface area contributed by atoms with Crippen LogP contribution in [0.25, 0.3) is 0 Å². The standard InChI is InChI=1S/C24H25ClN2O4/c1-15(2)14-30-21-9-7-19(25)11-18(21)12-20-8-10-22(31-20)24(29)27-13-16-3-5-17(6-4-16)23(26)28/h3-11,15H,12-14H2,1-2H3,(H2,26,28)(H,27,29). The highest BCUT2D eigenvalue weighted by Crippen LogP contribution is 2.26. The van der Waals surface area contributed by atoms with E-state index in [1.807, 2.05) is 12.1 Å². The summed E-state index contributed by atoms with van der Waals surface area (Å²) in [6.07, 6.45) is 0.454. The Morgan fingerprint density at radius 3 is 2.52 bits per heavy atom. The van der Waals surface area contributed by atoms with Gasteiger partial charge in [0.05, 0.1) is 6.61 Å². The monoisotopic (exact) mass is 440 g/mol. The van der Waals surface area contributed by atoms with E-state index in [1.165, 1.54) is 0 Å². The summed E-state index contributed by atoms with van der Waals surface area (Å²) in [5.41, 5.74) is 7.39. The Balaban J connectivity index is 1.63. The van der Waals surface area contributed by atoms with Crippen molar-refractivity contribution in [2.45, 2.75) is 26.8 Å². The van der Waals surface area contributed by atoms with Gasteiger partial charge in [0.25, 0.3) is 5.91 Å². The second-order valence-corrected chi connectivity index (χ2v) is 8.08. The number of carbonyl (C=O) groups is 2. The minimum atomic E-state index is -0.490. The summed E-state index contributed by atoms with van der Waals surface area (Å²) in [6, 6.07) is 15.6. The number of furan rings is 1. The van der Waals surface area contributed by atoms with Crippen molar-refractivity contribution in [3.8, 4) is 5.75 Å². The van der Waals surface area contributed by atoms with Crippen LogP contribution in [0.4, 0.5) is 0 Å². The van der Waals surface area contributed by atoms with E-state index in [-0.39, 0.29) is 11.7 Å². The Bertz CT molecular complexity index is 1060. The fourth-order valence-electron chi connectivity index (χ4n) is 2.92. The molecule has 0 radical (unpaired) electrons. The molecule has 0 saturated heterocycles. The molecule has 6 nitrogen and oxygen atoms in total. The van der Waals surface area contributed by atoms with Gasteiger partial charge in [-0.05, 0) is 53.9 Å². The van der Waals surface area contributed by atoms with Gasteiger partial charge in [-0.3, -0.25) is 9.59 Å². The van der Waals surface area contributed by atoms with Crippen LogP contribution in [-0.2, 0) is 13.0 Å². The lowest BCUT2D eigenvalue weighted by Crippen LogP contribution is -2.22. The molecule has 162 valence electrons. The van der Waals surface area contributed by atoms with Gasteiger partial charge in [0.15, 0.2) is 5.76 Å². The molecule has 1 aromatic heterocycles. The second-order valence-electron chi connectivity index (χ2n) is 7.64. The maximum absolute atomic E-state index is 12.4. The number of hydrogen-bond donors (Lipinski definition) is 2. The zero-order valence-corrected chi connectivity index (χ0v) is 18.2. The molecule has 0 spiro atoms. The number of carbonyl (C=O) groups excluding carboxylic acids is 2. The van der Waals surface area contributed by atoms with Crippen molar-refractivity contribution in [1.82, 2.24) is 5.32 Å². The lowest BCUT2D eigenvalue weighted by Gasteiger charge is -2.13. The largest absolute Gasteiger partial charge is 0.493 e. The molecule has 3 rings (SSSR count). The van der Waals surface area contributed by atoms with E-state index in [9.17, 15) is 9.59 Å². The molecule has 3 aromatic rings.